The Hall–Kier alpha value is -3.50. The SMILES string of the molecule is COc1cc(CN([C@H]2CCCCNC2=O)S(=O)(=O)c2ccccc2F)ccc1OCCc1ccccn1. The zero-order valence-electron chi connectivity index (χ0n) is 20.6. The fourth-order valence-electron chi connectivity index (χ4n) is 4.26. The summed E-state index contributed by atoms with van der Waals surface area (Å²) in [5, 5.41) is 2.78. The fourth-order valence-corrected chi connectivity index (χ4v) is 5.93. The number of halogens is 1. The van der Waals surface area contributed by atoms with Crippen LogP contribution in [-0.2, 0) is 27.8 Å². The molecule has 1 aromatic heterocycles. The van der Waals surface area contributed by atoms with Crippen LogP contribution in [0.3, 0.4) is 0 Å². The highest BCUT2D eigenvalue weighted by Crippen LogP contribution is 2.31. The summed E-state index contributed by atoms with van der Waals surface area (Å²) < 4.78 is 54.4. The van der Waals surface area contributed by atoms with Gasteiger partial charge in [0.25, 0.3) is 0 Å². The van der Waals surface area contributed by atoms with Crippen molar-refractivity contribution < 1.29 is 27.1 Å². The number of nitrogens with one attached hydrogen (secondary N) is 1. The van der Waals surface area contributed by atoms with Gasteiger partial charge in [0.1, 0.15) is 16.8 Å². The molecular formula is C27H30FN3O5S. The van der Waals surface area contributed by atoms with Gasteiger partial charge in [0, 0.05) is 31.4 Å². The molecule has 0 spiro atoms. The number of aromatic nitrogens is 1. The highest BCUT2D eigenvalue weighted by atomic mass is 32.2. The number of carbonyl (C=O) groups excluding carboxylic acids is 1. The van der Waals surface area contributed by atoms with Crippen molar-refractivity contribution in [3.8, 4) is 11.5 Å². The Balaban J connectivity index is 1.60. The van der Waals surface area contributed by atoms with E-state index in [2.05, 4.69) is 10.3 Å². The number of hydrogen-bond acceptors (Lipinski definition) is 6. The van der Waals surface area contributed by atoms with E-state index in [1.54, 1.807) is 24.4 Å². The van der Waals surface area contributed by atoms with Crippen LogP contribution < -0.4 is 14.8 Å². The van der Waals surface area contributed by atoms with Crippen molar-refractivity contribution in [1.82, 2.24) is 14.6 Å². The maximum Gasteiger partial charge on any atom is 0.247 e. The van der Waals surface area contributed by atoms with E-state index in [-0.39, 0.29) is 12.5 Å². The molecule has 1 atom stereocenters. The van der Waals surface area contributed by atoms with Crippen LogP contribution in [0.5, 0.6) is 11.5 Å². The number of benzene rings is 2. The molecular weight excluding hydrogens is 497 g/mol. The summed E-state index contributed by atoms with van der Waals surface area (Å²) >= 11 is 0. The normalized spacial score (nSPS) is 16.2. The summed E-state index contributed by atoms with van der Waals surface area (Å²) in [6.07, 6.45) is 4.08. The second-order valence-electron chi connectivity index (χ2n) is 8.69. The van der Waals surface area contributed by atoms with Crippen LogP contribution in [0.1, 0.15) is 30.5 Å². The lowest BCUT2D eigenvalue weighted by molar-refractivity contribution is -0.124. The number of ether oxygens (including phenoxy) is 2. The zero-order valence-corrected chi connectivity index (χ0v) is 21.4. The topological polar surface area (TPSA) is 97.8 Å². The summed E-state index contributed by atoms with van der Waals surface area (Å²) in [4.78, 5) is 16.7. The largest absolute Gasteiger partial charge is 0.493 e. The van der Waals surface area contributed by atoms with Crippen molar-refractivity contribution in [1.29, 1.82) is 0 Å². The fraction of sp³-hybridized carbons (Fsp3) is 0.333. The van der Waals surface area contributed by atoms with E-state index in [1.807, 2.05) is 18.2 Å². The standard InChI is InChI=1S/C27H30FN3O5S/c1-35-25-18-20(12-13-24(25)36-17-14-21-8-4-6-15-29-21)19-31(23-10-5-7-16-30-27(23)32)37(33,34)26-11-3-2-9-22(26)28/h2-4,6,8-9,11-13,15,18,23H,5,7,10,14,16-17,19H2,1H3,(H,30,32)/t23-/m0/s1. The lowest BCUT2D eigenvalue weighted by Crippen LogP contribution is -2.48. The van der Waals surface area contributed by atoms with Crippen LogP contribution in [-0.4, -0.2) is 49.9 Å². The molecule has 2 aromatic carbocycles. The lowest BCUT2D eigenvalue weighted by atomic mass is 10.1. The Morgan fingerprint density at radius 3 is 2.65 bits per heavy atom. The Labute approximate surface area is 216 Å². The first-order valence-corrected chi connectivity index (χ1v) is 13.6. The highest BCUT2D eigenvalue weighted by Gasteiger charge is 2.37. The minimum Gasteiger partial charge on any atom is -0.493 e. The van der Waals surface area contributed by atoms with Gasteiger partial charge in [-0.25, -0.2) is 12.8 Å². The second-order valence-corrected chi connectivity index (χ2v) is 10.5. The summed E-state index contributed by atoms with van der Waals surface area (Å²) in [5.41, 5.74) is 1.47. The van der Waals surface area contributed by atoms with Crippen molar-refractivity contribution in [2.24, 2.45) is 0 Å². The number of methoxy groups -OCH3 is 1. The van der Waals surface area contributed by atoms with Gasteiger partial charge >= 0.3 is 0 Å². The number of amides is 1. The van der Waals surface area contributed by atoms with E-state index >= 15 is 0 Å². The third-order valence-electron chi connectivity index (χ3n) is 6.19. The number of carbonyl (C=O) groups is 1. The number of pyridine rings is 1. The molecule has 1 saturated heterocycles. The van der Waals surface area contributed by atoms with Crippen LogP contribution in [0.15, 0.2) is 71.8 Å². The van der Waals surface area contributed by atoms with Gasteiger partial charge in [-0.05, 0) is 61.2 Å². The maximum absolute atomic E-state index is 14.6. The Kier molecular flexibility index (Phi) is 8.73. The molecule has 4 rings (SSSR count). The molecule has 3 aromatic rings. The monoisotopic (exact) mass is 527 g/mol. The summed E-state index contributed by atoms with van der Waals surface area (Å²) in [6.45, 7) is 0.712. The average Bonchev–Trinajstić information content (AvgIpc) is 3.12. The molecule has 1 aliphatic rings. The smallest absolute Gasteiger partial charge is 0.247 e. The minimum absolute atomic E-state index is 0.140. The van der Waals surface area contributed by atoms with Crippen molar-refractivity contribution in [2.45, 2.75) is 43.2 Å². The van der Waals surface area contributed by atoms with Gasteiger partial charge in [0.15, 0.2) is 11.5 Å². The quantitative estimate of drug-likeness (QED) is 0.432. The molecule has 0 saturated carbocycles. The van der Waals surface area contributed by atoms with E-state index in [0.717, 1.165) is 22.5 Å². The third-order valence-corrected chi connectivity index (χ3v) is 8.07. The molecule has 2 heterocycles. The van der Waals surface area contributed by atoms with Crippen LogP contribution >= 0.6 is 0 Å². The highest BCUT2D eigenvalue weighted by molar-refractivity contribution is 7.89. The Bertz CT molecular complexity index is 1320. The minimum atomic E-state index is -4.33. The van der Waals surface area contributed by atoms with Crippen LogP contribution in [0, 0.1) is 5.82 Å². The first kappa shape index (κ1) is 26.6. The number of nitrogens with zero attached hydrogens (tertiary/aromatic N) is 2. The predicted molar refractivity (Wildman–Crippen MR) is 136 cm³/mol. The summed E-state index contributed by atoms with van der Waals surface area (Å²) in [7, 11) is -2.84. The van der Waals surface area contributed by atoms with Crippen molar-refractivity contribution >= 4 is 15.9 Å². The molecule has 1 fully saturated rings. The molecule has 10 heteroatoms. The molecule has 8 nitrogen and oxygen atoms in total. The molecule has 0 unspecified atom stereocenters. The maximum atomic E-state index is 14.6. The van der Waals surface area contributed by atoms with Crippen molar-refractivity contribution in [3.63, 3.8) is 0 Å². The van der Waals surface area contributed by atoms with Crippen LogP contribution in [0.25, 0.3) is 0 Å². The van der Waals surface area contributed by atoms with Gasteiger partial charge in [0.05, 0.1) is 13.7 Å². The first-order valence-electron chi connectivity index (χ1n) is 12.1. The average molecular weight is 528 g/mol. The number of sulfonamides is 1. The van der Waals surface area contributed by atoms with E-state index in [9.17, 15) is 17.6 Å². The van der Waals surface area contributed by atoms with Gasteiger partial charge in [-0.3, -0.25) is 9.78 Å². The molecule has 0 bridgehead atoms. The van der Waals surface area contributed by atoms with Crippen LogP contribution in [0.2, 0.25) is 0 Å². The Morgan fingerprint density at radius 1 is 1.08 bits per heavy atom. The third kappa shape index (κ3) is 6.44. The van der Waals surface area contributed by atoms with Crippen molar-refractivity contribution in [3.05, 3.63) is 83.9 Å². The Morgan fingerprint density at radius 2 is 1.89 bits per heavy atom. The molecule has 0 radical (unpaired) electrons. The first-order chi connectivity index (χ1) is 17.9. The van der Waals surface area contributed by atoms with E-state index in [1.165, 1.54) is 25.3 Å². The van der Waals surface area contributed by atoms with Gasteiger partial charge in [-0.2, -0.15) is 4.31 Å². The van der Waals surface area contributed by atoms with Gasteiger partial charge in [0.2, 0.25) is 15.9 Å². The van der Waals surface area contributed by atoms with Gasteiger partial charge in [-0.1, -0.05) is 24.3 Å². The van der Waals surface area contributed by atoms with E-state index < -0.39 is 26.8 Å². The zero-order chi connectivity index (χ0) is 26.3. The summed E-state index contributed by atoms with van der Waals surface area (Å²) in [5.74, 6) is -0.334. The molecule has 1 aliphatic heterocycles. The molecule has 1 amide bonds. The van der Waals surface area contributed by atoms with Gasteiger partial charge in [-0.15, -0.1) is 0 Å². The van der Waals surface area contributed by atoms with Gasteiger partial charge < -0.3 is 14.8 Å². The molecule has 1 N–H and O–H groups in total. The predicted octanol–water partition coefficient (Wildman–Crippen LogP) is 3.71. The van der Waals surface area contributed by atoms with Crippen molar-refractivity contribution in [2.75, 3.05) is 20.3 Å². The second kappa shape index (κ2) is 12.2. The molecule has 37 heavy (non-hydrogen) atoms. The molecule has 196 valence electrons. The number of rotatable bonds is 10. The van der Waals surface area contributed by atoms with E-state index in [4.69, 9.17) is 9.47 Å². The van der Waals surface area contributed by atoms with Crippen LogP contribution in [0.4, 0.5) is 4.39 Å². The molecule has 0 aliphatic carbocycles. The van der Waals surface area contributed by atoms with E-state index in [0.29, 0.717) is 49.5 Å². The number of hydrogen-bond donors (Lipinski definition) is 1. The lowest BCUT2D eigenvalue weighted by Gasteiger charge is -2.29. The summed E-state index contributed by atoms with van der Waals surface area (Å²) in [6, 6.07) is 15.0.